The number of rotatable bonds is 8. The van der Waals surface area contributed by atoms with E-state index in [-0.39, 0.29) is 101 Å². The third kappa shape index (κ3) is 11.3. The molecule has 0 spiro atoms. The van der Waals surface area contributed by atoms with Crippen molar-refractivity contribution in [2.75, 3.05) is 78.1 Å². The fourth-order valence-electron chi connectivity index (χ4n) is 14.7. The van der Waals surface area contributed by atoms with Crippen LogP contribution in [0.1, 0.15) is 133 Å². The molecule has 11 atom stereocenters. The summed E-state index contributed by atoms with van der Waals surface area (Å²) < 4.78 is 54.7. The number of ether oxygens (including phenoxy) is 6. The highest BCUT2D eigenvalue weighted by molar-refractivity contribution is 6.32. The van der Waals surface area contributed by atoms with Crippen LogP contribution in [0.3, 0.4) is 0 Å². The van der Waals surface area contributed by atoms with Crippen LogP contribution in [-0.4, -0.2) is 191 Å². The van der Waals surface area contributed by atoms with Gasteiger partial charge in [-0.1, -0.05) is 45.9 Å². The molecule has 2 amide bonds. The second kappa shape index (κ2) is 25.2. The number of morpholine rings is 1. The number of phenolic OH excluding ortho intramolecular Hbond substituents is 1. The van der Waals surface area contributed by atoms with Crippen molar-refractivity contribution >= 4 is 51.9 Å². The van der Waals surface area contributed by atoms with Crippen LogP contribution in [0.15, 0.2) is 64.6 Å². The summed E-state index contributed by atoms with van der Waals surface area (Å²) in [5.41, 5.74) is -2.25. The fraction of sp³-hybridized carbons (Fsp3) is 0.561. The van der Waals surface area contributed by atoms with Crippen LogP contribution < -0.4 is 25.1 Å². The molecule has 1 aromatic heterocycles. The monoisotopic (exact) mass is 1250 g/mol. The van der Waals surface area contributed by atoms with Gasteiger partial charge in [0, 0.05) is 112 Å². The molecule has 4 saturated heterocycles. The summed E-state index contributed by atoms with van der Waals surface area (Å²) in [4.78, 5) is 106. The van der Waals surface area contributed by atoms with Gasteiger partial charge in [0.15, 0.2) is 11.6 Å². The van der Waals surface area contributed by atoms with Gasteiger partial charge in [0.25, 0.3) is 11.7 Å². The first-order valence-electron chi connectivity index (χ1n) is 31.2. The maximum atomic E-state index is 16.6. The van der Waals surface area contributed by atoms with E-state index in [9.17, 15) is 54.0 Å². The molecule has 2 aliphatic carbocycles. The summed E-state index contributed by atoms with van der Waals surface area (Å²) in [7, 11) is 2.87. The summed E-state index contributed by atoms with van der Waals surface area (Å²) in [5, 5.41) is 48.3. The Kier molecular flexibility index (Phi) is 17.9. The second-order valence-electron chi connectivity index (χ2n) is 25.7. The molecule has 2 unspecified atom stereocenters. The summed E-state index contributed by atoms with van der Waals surface area (Å²) >= 11 is 0. The number of benzene rings is 2. The topological polar surface area (TPSA) is 286 Å². The van der Waals surface area contributed by atoms with Crippen molar-refractivity contribution in [1.82, 2.24) is 24.6 Å². The molecule has 1 saturated carbocycles. The van der Waals surface area contributed by atoms with E-state index in [1.54, 1.807) is 54.2 Å². The van der Waals surface area contributed by atoms with Crippen LogP contribution in [0.5, 0.6) is 17.2 Å². The first-order valence-corrected chi connectivity index (χ1v) is 31.2. The SMILES string of the molecule is COc1c(N2CC3CCCN(C4CCN(C(=O)O[C@H]5[C@H](C)[C@H](O)[C@H](C)[C@@H](O)[C@@H](C)C=CC=C(C)C(=O)NC6=C(N7CCOCC7)C(=O)c7c(c(O)c(C)c8c7C(=O)[C@@](C)(OC=C[C@H](OC)[C@H]5C)O8)C6=O)CC4)C3C2)c(F)cc2c(=O)c(C(=O)O)cn(C3CC3)c12. The molecule has 7 aliphatic heterocycles. The van der Waals surface area contributed by atoms with Crippen LogP contribution in [0.4, 0.5) is 14.9 Å². The Morgan fingerprint density at radius 2 is 1.53 bits per heavy atom. The molecule has 3 aromatic rings. The molecule has 24 heteroatoms. The zero-order valence-corrected chi connectivity index (χ0v) is 52.3. The number of carbonyl (C=O) groups excluding carboxylic acids is 5. The van der Waals surface area contributed by atoms with Gasteiger partial charge in [-0.25, -0.2) is 14.0 Å². The number of Topliss-reactive ketones (excluding diaryl/α,β-unsaturated/α-hetero) is 3. The average Bonchev–Trinajstić information content (AvgIpc) is 1.41. The van der Waals surface area contributed by atoms with Crippen molar-refractivity contribution in [2.24, 2.45) is 29.6 Å². The Labute approximate surface area is 520 Å². The van der Waals surface area contributed by atoms with E-state index in [1.807, 2.05) is 4.90 Å². The minimum Gasteiger partial charge on any atom is -0.507 e. The maximum absolute atomic E-state index is 16.6. The number of carboxylic acids is 1. The number of aliphatic hydroxyl groups excluding tert-OH is 2. The van der Waals surface area contributed by atoms with Crippen LogP contribution in [-0.2, 0) is 23.7 Å². The summed E-state index contributed by atoms with van der Waals surface area (Å²) in [6.07, 6.45) is 8.26. The number of hydrogen-bond donors (Lipinski definition) is 5. The zero-order chi connectivity index (χ0) is 64.5. The number of aromatic hydroxyl groups is 1. The van der Waals surface area contributed by atoms with E-state index < -0.39 is 123 Å². The minimum atomic E-state index is -2.16. The lowest BCUT2D eigenvalue weighted by molar-refractivity contribution is -0.116. The van der Waals surface area contributed by atoms with Crippen molar-refractivity contribution in [2.45, 2.75) is 135 Å². The Balaban J connectivity index is 0.841. The number of halogens is 1. The highest BCUT2D eigenvalue weighted by atomic mass is 19.1. The second-order valence-corrected chi connectivity index (χ2v) is 25.7. The minimum absolute atomic E-state index is 0.0279. The number of methoxy groups -OCH3 is 2. The maximum Gasteiger partial charge on any atom is 0.410 e. The normalized spacial score (nSPS) is 29.9. The van der Waals surface area contributed by atoms with Crippen molar-refractivity contribution in [1.29, 1.82) is 0 Å². The molecular formula is C66H81FN6O17. The third-order valence-corrected chi connectivity index (χ3v) is 20.1. The number of pyridine rings is 1. The van der Waals surface area contributed by atoms with Gasteiger partial charge in [0.05, 0.1) is 72.5 Å². The van der Waals surface area contributed by atoms with E-state index >= 15 is 4.39 Å². The van der Waals surface area contributed by atoms with E-state index in [0.717, 1.165) is 38.3 Å². The highest BCUT2D eigenvalue weighted by Crippen LogP contribution is 2.50. The molecule has 484 valence electrons. The van der Waals surface area contributed by atoms with Crippen LogP contribution in [0.2, 0.25) is 0 Å². The predicted molar refractivity (Wildman–Crippen MR) is 325 cm³/mol. The molecule has 90 heavy (non-hydrogen) atoms. The van der Waals surface area contributed by atoms with E-state index in [0.29, 0.717) is 44.5 Å². The van der Waals surface area contributed by atoms with Gasteiger partial charge in [-0.15, -0.1) is 0 Å². The number of aliphatic hydroxyl groups is 2. The van der Waals surface area contributed by atoms with E-state index in [4.69, 9.17) is 28.4 Å². The van der Waals surface area contributed by atoms with E-state index in [2.05, 4.69) is 10.2 Å². The first kappa shape index (κ1) is 63.9. The summed E-state index contributed by atoms with van der Waals surface area (Å²) in [6, 6.07) is 1.21. The Morgan fingerprint density at radius 1 is 0.822 bits per heavy atom. The molecular weight excluding hydrogens is 1170 g/mol. The van der Waals surface area contributed by atoms with Crippen molar-refractivity contribution in [3.05, 3.63) is 104 Å². The molecule has 9 aliphatic rings. The van der Waals surface area contributed by atoms with Crippen LogP contribution >= 0.6 is 0 Å². The Morgan fingerprint density at radius 3 is 2.20 bits per heavy atom. The van der Waals surface area contributed by atoms with Crippen molar-refractivity contribution in [3.8, 4) is 17.2 Å². The Hall–Kier alpha value is -7.64. The number of ketones is 3. The number of aromatic nitrogens is 1. The number of nitrogens with one attached hydrogen (secondary N) is 1. The zero-order valence-electron chi connectivity index (χ0n) is 52.3. The van der Waals surface area contributed by atoms with Gasteiger partial charge in [-0.3, -0.25) is 28.9 Å². The van der Waals surface area contributed by atoms with Gasteiger partial charge in [-0.2, -0.15) is 0 Å². The average molecular weight is 1250 g/mol. The molecule has 23 nitrogen and oxygen atoms in total. The number of phenols is 1. The van der Waals surface area contributed by atoms with Gasteiger partial charge in [-0.05, 0) is 77.0 Å². The van der Waals surface area contributed by atoms with E-state index in [1.165, 1.54) is 59.6 Å². The molecule has 2 aromatic carbocycles. The molecule has 0 radical (unpaired) electrons. The predicted octanol–water partition coefficient (Wildman–Crippen LogP) is 6.42. The third-order valence-electron chi connectivity index (χ3n) is 20.1. The first-order chi connectivity index (χ1) is 42.9. The van der Waals surface area contributed by atoms with Crippen molar-refractivity contribution < 1.29 is 82.0 Å². The number of likely N-dealkylation sites (tertiary alicyclic amines) is 2. The molecule has 8 heterocycles. The number of nitrogens with zero attached hydrogens (tertiary/aromatic N) is 5. The smallest absolute Gasteiger partial charge is 0.410 e. The van der Waals surface area contributed by atoms with Gasteiger partial charge < -0.3 is 73.4 Å². The number of hydrogen-bond acceptors (Lipinski definition) is 19. The number of carboxylic acid groups (broad SMARTS) is 1. The standard InChI is InChI=1S/C66H81FN6O17/c1-32-12-10-13-33(2)63(81)68-49-52(69-23-26-87-27-24-69)58(79)46-47(57(49)78)55(76)37(6)60-48(46)62(80)66(7,90-60)88-25-19-45(85-8)34(3)59(36(5)54(75)35(4)53(32)74)89-65(84)70-21-17-40(18-22-70)72-20-11-14-38-29-71(31-44(38)72)51-43(67)28-41-50(61(51)86-9)73(39-15-16-39)30-42(56(41)77)64(82)83/h10,12-13,19,25,28,30,32,34-36,38-40,44-45,53-54,59,74-76H,11,14-18,20-24,26-27,29,31H2,1-9H3,(H,68,81)(H,82,83)/t32-,34+,35+,36+,38?,44?,45-,53-,54+,59+,66-/m0/s1. The molecule has 5 bridgehead atoms. The van der Waals surface area contributed by atoms with Crippen LogP contribution in [0.25, 0.3) is 10.9 Å². The number of allylic oxidation sites excluding steroid dienone is 4. The summed E-state index contributed by atoms with van der Waals surface area (Å²) in [5.74, 6) is -10.9. The lowest BCUT2D eigenvalue weighted by Gasteiger charge is -2.45. The number of anilines is 1. The number of fused-ring (bicyclic) bond motifs is 16. The quantitative estimate of drug-likeness (QED) is 0.162. The van der Waals surface area contributed by atoms with Gasteiger partial charge in [0.1, 0.15) is 40.2 Å². The van der Waals surface area contributed by atoms with Crippen LogP contribution in [0, 0.1) is 42.3 Å². The number of piperidine rings is 2. The Bertz CT molecular complexity index is 3620. The largest absolute Gasteiger partial charge is 0.507 e. The number of carbonyl (C=O) groups is 6. The van der Waals surface area contributed by atoms with Crippen molar-refractivity contribution in [3.63, 3.8) is 0 Å². The summed E-state index contributed by atoms with van der Waals surface area (Å²) in [6.45, 7) is 14.4. The number of amides is 2. The number of aromatic carboxylic acids is 1. The lowest BCUT2D eigenvalue weighted by Crippen LogP contribution is -2.55. The molecule has 12 rings (SSSR count). The highest BCUT2D eigenvalue weighted by Gasteiger charge is 2.54. The molecule has 5 N–H and O–H groups in total. The fourth-order valence-corrected chi connectivity index (χ4v) is 14.7. The van der Waals surface area contributed by atoms with Gasteiger partial charge in [0.2, 0.25) is 17.0 Å². The molecule has 5 fully saturated rings. The lowest BCUT2D eigenvalue weighted by atomic mass is 9.78. The van der Waals surface area contributed by atoms with Gasteiger partial charge >= 0.3 is 17.8 Å².